The van der Waals surface area contributed by atoms with Crippen LogP contribution in [0.3, 0.4) is 0 Å². The number of aryl methyl sites for hydroxylation is 1. The summed E-state index contributed by atoms with van der Waals surface area (Å²) in [7, 11) is 0. The molecule has 1 aromatic heterocycles. The Bertz CT molecular complexity index is 418. The predicted octanol–water partition coefficient (Wildman–Crippen LogP) is 1.23. The second-order valence-electron chi connectivity index (χ2n) is 5.79. The van der Waals surface area contributed by atoms with Crippen LogP contribution in [-0.4, -0.2) is 52.7 Å². The van der Waals surface area contributed by atoms with Gasteiger partial charge < -0.3 is 9.52 Å². The van der Waals surface area contributed by atoms with Crippen LogP contribution in [0.2, 0.25) is 0 Å². The van der Waals surface area contributed by atoms with E-state index in [1.165, 1.54) is 0 Å². The molecule has 100 valence electrons. The molecule has 0 aliphatic carbocycles. The summed E-state index contributed by atoms with van der Waals surface area (Å²) in [5.41, 5.74) is 0. The maximum absolute atomic E-state index is 9.75. The molecule has 0 saturated carbocycles. The molecule has 4 heteroatoms. The molecule has 3 atom stereocenters. The molecular weight excluding hydrogens is 228 g/mol. The van der Waals surface area contributed by atoms with Crippen LogP contribution in [0.25, 0.3) is 0 Å². The molecule has 2 aliphatic heterocycles. The first-order valence-corrected chi connectivity index (χ1v) is 6.83. The summed E-state index contributed by atoms with van der Waals surface area (Å²) >= 11 is 0. The van der Waals surface area contributed by atoms with Crippen LogP contribution < -0.4 is 0 Å². The summed E-state index contributed by atoms with van der Waals surface area (Å²) in [6, 6.07) is 5.14. The van der Waals surface area contributed by atoms with E-state index in [1.807, 2.05) is 13.0 Å². The molecular formula is C14H22N2O2. The first kappa shape index (κ1) is 12.2. The maximum atomic E-state index is 9.75. The highest BCUT2D eigenvalue weighted by molar-refractivity contribution is 5.06. The second-order valence-corrected chi connectivity index (χ2v) is 5.79. The molecule has 0 aromatic carbocycles. The van der Waals surface area contributed by atoms with Gasteiger partial charge in [0, 0.05) is 31.7 Å². The molecule has 0 unspecified atom stereocenters. The SMILES string of the molecule is Cc1ccc(CN2C[C@@H]3C[C@@H](O)CN3C[C@@H]2C)o1. The fourth-order valence-corrected chi connectivity index (χ4v) is 3.27. The Balaban J connectivity index is 1.66. The van der Waals surface area contributed by atoms with Crippen molar-refractivity contribution in [3.05, 3.63) is 23.7 Å². The topological polar surface area (TPSA) is 39.9 Å². The quantitative estimate of drug-likeness (QED) is 0.857. The lowest BCUT2D eigenvalue weighted by atomic mass is 10.1. The zero-order valence-corrected chi connectivity index (χ0v) is 11.2. The number of rotatable bonds is 2. The Kier molecular flexibility index (Phi) is 3.18. The van der Waals surface area contributed by atoms with Gasteiger partial charge >= 0.3 is 0 Å². The Hall–Kier alpha value is -0.840. The smallest absolute Gasteiger partial charge is 0.118 e. The first-order valence-electron chi connectivity index (χ1n) is 6.83. The molecule has 2 aliphatic rings. The summed E-state index contributed by atoms with van der Waals surface area (Å²) < 4.78 is 5.66. The van der Waals surface area contributed by atoms with Gasteiger partial charge in [-0.05, 0) is 32.4 Å². The van der Waals surface area contributed by atoms with Crippen molar-refractivity contribution in [2.24, 2.45) is 0 Å². The monoisotopic (exact) mass is 250 g/mol. The number of furan rings is 1. The normalized spacial score (nSPS) is 33.8. The van der Waals surface area contributed by atoms with Gasteiger partial charge in [0.25, 0.3) is 0 Å². The van der Waals surface area contributed by atoms with Crippen LogP contribution in [0.15, 0.2) is 16.5 Å². The molecule has 2 fully saturated rings. The first-order chi connectivity index (χ1) is 8.61. The van der Waals surface area contributed by atoms with Crippen molar-refractivity contribution < 1.29 is 9.52 Å². The number of nitrogens with zero attached hydrogens (tertiary/aromatic N) is 2. The Labute approximate surface area is 108 Å². The lowest BCUT2D eigenvalue weighted by Gasteiger charge is -2.41. The van der Waals surface area contributed by atoms with Crippen LogP contribution >= 0.6 is 0 Å². The number of fused-ring (bicyclic) bond motifs is 1. The number of aliphatic hydroxyl groups excluding tert-OH is 1. The Morgan fingerprint density at radius 1 is 1.33 bits per heavy atom. The third-order valence-corrected chi connectivity index (χ3v) is 4.23. The van der Waals surface area contributed by atoms with Crippen LogP contribution in [0.1, 0.15) is 24.9 Å². The van der Waals surface area contributed by atoms with Crippen molar-refractivity contribution in [1.82, 2.24) is 9.80 Å². The van der Waals surface area contributed by atoms with Crippen LogP contribution in [-0.2, 0) is 6.54 Å². The van der Waals surface area contributed by atoms with E-state index < -0.39 is 0 Å². The molecule has 1 N–H and O–H groups in total. The summed E-state index contributed by atoms with van der Waals surface area (Å²) in [5, 5.41) is 9.75. The molecule has 18 heavy (non-hydrogen) atoms. The predicted molar refractivity (Wildman–Crippen MR) is 69.3 cm³/mol. The molecule has 4 nitrogen and oxygen atoms in total. The number of aliphatic hydroxyl groups is 1. The lowest BCUT2D eigenvalue weighted by Crippen LogP contribution is -2.54. The fourth-order valence-electron chi connectivity index (χ4n) is 3.27. The van der Waals surface area contributed by atoms with Gasteiger partial charge in [-0.15, -0.1) is 0 Å². The lowest BCUT2D eigenvalue weighted by molar-refractivity contribution is 0.0482. The summed E-state index contributed by atoms with van der Waals surface area (Å²) in [6.45, 7) is 8.08. The molecule has 0 radical (unpaired) electrons. The van der Waals surface area contributed by atoms with E-state index in [1.54, 1.807) is 0 Å². The van der Waals surface area contributed by atoms with E-state index in [2.05, 4.69) is 22.8 Å². The van der Waals surface area contributed by atoms with Crippen molar-refractivity contribution in [2.45, 2.75) is 45.0 Å². The van der Waals surface area contributed by atoms with Crippen molar-refractivity contribution in [1.29, 1.82) is 0 Å². The minimum absolute atomic E-state index is 0.131. The molecule has 0 amide bonds. The highest BCUT2D eigenvalue weighted by Crippen LogP contribution is 2.26. The van der Waals surface area contributed by atoms with E-state index in [0.29, 0.717) is 12.1 Å². The third kappa shape index (κ3) is 2.32. The van der Waals surface area contributed by atoms with Gasteiger partial charge in [-0.2, -0.15) is 0 Å². The van der Waals surface area contributed by atoms with Gasteiger partial charge in [0.2, 0.25) is 0 Å². The highest BCUT2D eigenvalue weighted by atomic mass is 16.3. The van der Waals surface area contributed by atoms with Crippen molar-refractivity contribution in [2.75, 3.05) is 19.6 Å². The van der Waals surface area contributed by atoms with Crippen LogP contribution in [0, 0.1) is 6.92 Å². The molecule has 0 bridgehead atoms. The van der Waals surface area contributed by atoms with Crippen LogP contribution in [0.4, 0.5) is 0 Å². The van der Waals surface area contributed by atoms with E-state index in [9.17, 15) is 5.11 Å². The Morgan fingerprint density at radius 3 is 2.89 bits per heavy atom. The van der Waals surface area contributed by atoms with Gasteiger partial charge in [0.1, 0.15) is 11.5 Å². The van der Waals surface area contributed by atoms with E-state index >= 15 is 0 Å². The molecule has 3 heterocycles. The van der Waals surface area contributed by atoms with Gasteiger partial charge in [0.15, 0.2) is 0 Å². The van der Waals surface area contributed by atoms with E-state index in [4.69, 9.17) is 4.42 Å². The molecule has 1 aromatic rings. The highest BCUT2D eigenvalue weighted by Gasteiger charge is 2.38. The molecule has 0 spiro atoms. The van der Waals surface area contributed by atoms with Crippen molar-refractivity contribution >= 4 is 0 Å². The molecule has 3 rings (SSSR count). The standard InChI is InChI=1S/C14H22N2O2/c1-10-6-16-8-13(17)5-12(16)7-15(10)9-14-4-3-11(2)18-14/h3-4,10,12-13,17H,5-9H2,1-2H3/t10-,12-,13+/m0/s1. The average Bonchev–Trinajstić information content (AvgIpc) is 2.85. The van der Waals surface area contributed by atoms with E-state index in [-0.39, 0.29) is 6.10 Å². The summed E-state index contributed by atoms with van der Waals surface area (Å²) in [6.07, 6.45) is 0.786. The second kappa shape index (κ2) is 4.68. The molecule has 2 saturated heterocycles. The van der Waals surface area contributed by atoms with Gasteiger partial charge in [0.05, 0.1) is 12.6 Å². The number of hydrogen-bond acceptors (Lipinski definition) is 4. The number of piperazine rings is 1. The fraction of sp³-hybridized carbons (Fsp3) is 0.714. The third-order valence-electron chi connectivity index (χ3n) is 4.23. The minimum Gasteiger partial charge on any atom is -0.465 e. The van der Waals surface area contributed by atoms with Crippen molar-refractivity contribution in [3.8, 4) is 0 Å². The minimum atomic E-state index is -0.131. The largest absolute Gasteiger partial charge is 0.465 e. The zero-order valence-electron chi connectivity index (χ0n) is 11.2. The van der Waals surface area contributed by atoms with Gasteiger partial charge in [-0.3, -0.25) is 9.80 Å². The zero-order chi connectivity index (χ0) is 12.7. The number of hydrogen-bond donors (Lipinski definition) is 1. The average molecular weight is 250 g/mol. The van der Waals surface area contributed by atoms with E-state index in [0.717, 1.165) is 44.1 Å². The maximum Gasteiger partial charge on any atom is 0.118 e. The summed E-state index contributed by atoms with van der Waals surface area (Å²) in [4.78, 5) is 4.90. The summed E-state index contributed by atoms with van der Waals surface area (Å²) in [5.74, 6) is 2.03. The van der Waals surface area contributed by atoms with Gasteiger partial charge in [-0.1, -0.05) is 0 Å². The van der Waals surface area contributed by atoms with Crippen molar-refractivity contribution in [3.63, 3.8) is 0 Å². The van der Waals surface area contributed by atoms with Crippen LogP contribution in [0.5, 0.6) is 0 Å². The Morgan fingerprint density at radius 2 is 2.17 bits per heavy atom. The van der Waals surface area contributed by atoms with Gasteiger partial charge in [-0.25, -0.2) is 0 Å².